The SMILES string of the molecule is FC(F)(F)c1nc(Cl)cc(NC2CCCCCC2)n1. The van der Waals surface area contributed by atoms with Crippen LogP contribution in [0.25, 0.3) is 0 Å². The predicted octanol–water partition coefficient (Wildman–Crippen LogP) is 4.28. The average Bonchev–Trinajstić information content (AvgIpc) is 2.55. The molecular weight excluding hydrogens is 279 g/mol. The van der Waals surface area contributed by atoms with E-state index in [2.05, 4.69) is 15.3 Å². The molecule has 0 spiro atoms. The smallest absolute Gasteiger partial charge is 0.367 e. The van der Waals surface area contributed by atoms with Crippen LogP contribution in [-0.4, -0.2) is 16.0 Å². The van der Waals surface area contributed by atoms with Gasteiger partial charge in [-0.15, -0.1) is 0 Å². The van der Waals surface area contributed by atoms with Gasteiger partial charge in [0.15, 0.2) is 0 Å². The van der Waals surface area contributed by atoms with Crippen LogP contribution in [0.3, 0.4) is 0 Å². The zero-order valence-electron chi connectivity index (χ0n) is 10.3. The number of nitrogens with zero attached hydrogens (tertiary/aromatic N) is 2. The summed E-state index contributed by atoms with van der Waals surface area (Å²) in [5, 5.41) is 2.84. The topological polar surface area (TPSA) is 37.8 Å². The standard InChI is InChI=1S/C12H15ClF3N3/c13-9-7-10(19-11(18-9)12(14,15)16)17-8-5-3-1-2-4-6-8/h7-8H,1-6H2,(H,17,18,19). The van der Waals surface area contributed by atoms with Gasteiger partial charge < -0.3 is 5.32 Å². The lowest BCUT2D eigenvalue weighted by atomic mass is 10.1. The molecule has 1 saturated carbocycles. The van der Waals surface area contributed by atoms with Gasteiger partial charge in [0.1, 0.15) is 11.0 Å². The summed E-state index contributed by atoms with van der Waals surface area (Å²) >= 11 is 5.61. The van der Waals surface area contributed by atoms with E-state index in [1.807, 2.05) is 0 Å². The fraction of sp³-hybridized carbons (Fsp3) is 0.667. The van der Waals surface area contributed by atoms with Gasteiger partial charge in [0.25, 0.3) is 0 Å². The van der Waals surface area contributed by atoms with Crippen LogP contribution in [0, 0.1) is 0 Å². The van der Waals surface area contributed by atoms with Crippen LogP contribution in [0.1, 0.15) is 44.3 Å². The summed E-state index contributed by atoms with van der Waals surface area (Å²) in [5.74, 6) is -1.05. The van der Waals surface area contributed by atoms with E-state index in [-0.39, 0.29) is 17.0 Å². The molecule has 0 saturated heterocycles. The van der Waals surface area contributed by atoms with Crippen molar-refractivity contribution in [3.63, 3.8) is 0 Å². The Bertz CT molecular complexity index is 429. The number of hydrogen-bond donors (Lipinski definition) is 1. The highest BCUT2D eigenvalue weighted by atomic mass is 35.5. The van der Waals surface area contributed by atoms with E-state index in [1.54, 1.807) is 0 Å². The molecule has 1 aromatic rings. The Balaban J connectivity index is 2.13. The minimum atomic E-state index is -4.58. The molecule has 0 radical (unpaired) electrons. The number of halogens is 4. The molecule has 0 unspecified atom stereocenters. The summed E-state index contributed by atoms with van der Waals surface area (Å²) in [5.41, 5.74) is 0. The summed E-state index contributed by atoms with van der Waals surface area (Å²) < 4.78 is 37.7. The minimum absolute atomic E-state index is 0.152. The first kappa shape index (κ1) is 14.4. The maximum atomic E-state index is 12.6. The van der Waals surface area contributed by atoms with Crippen molar-refractivity contribution in [2.75, 3.05) is 5.32 Å². The lowest BCUT2D eigenvalue weighted by Crippen LogP contribution is -2.21. The summed E-state index contributed by atoms with van der Waals surface area (Å²) in [6, 6.07) is 1.50. The maximum Gasteiger partial charge on any atom is 0.451 e. The summed E-state index contributed by atoms with van der Waals surface area (Å²) in [7, 11) is 0. The van der Waals surface area contributed by atoms with Crippen LogP contribution < -0.4 is 5.32 Å². The normalized spacial score (nSPS) is 18.1. The van der Waals surface area contributed by atoms with Crippen molar-refractivity contribution in [2.45, 2.75) is 50.7 Å². The van der Waals surface area contributed by atoms with Crippen molar-refractivity contribution in [3.05, 3.63) is 17.0 Å². The van der Waals surface area contributed by atoms with E-state index < -0.39 is 12.0 Å². The maximum absolute atomic E-state index is 12.6. The number of aromatic nitrogens is 2. The second-order valence-corrected chi connectivity index (χ2v) is 5.12. The molecule has 1 fully saturated rings. The Morgan fingerprint density at radius 1 is 1.11 bits per heavy atom. The summed E-state index contributed by atoms with van der Waals surface area (Å²) in [6.45, 7) is 0. The molecule has 1 N–H and O–H groups in total. The summed E-state index contributed by atoms with van der Waals surface area (Å²) in [6.07, 6.45) is 1.84. The molecule has 19 heavy (non-hydrogen) atoms. The molecule has 1 aliphatic carbocycles. The second-order valence-electron chi connectivity index (χ2n) is 4.73. The first-order chi connectivity index (χ1) is 8.95. The highest BCUT2D eigenvalue weighted by Crippen LogP contribution is 2.29. The molecule has 1 aliphatic rings. The van der Waals surface area contributed by atoms with Crippen molar-refractivity contribution >= 4 is 17.4 Å². The molecule has 2 rings (SSSR count). The van der Waals surface area contributed by atoms with Crippen LogP contribution in [0.2, 0.25) is 5.15 Å². The van der Waals surface area contributed by atoms with Gasteiger partial charge >= 0.3 is 6.18 Å². The Morgan fingerprint density at radius 3 is 2.32 bits per heavy atom. The van der Waals surface area contributed by atoms with E-state index in [4.69, 9.17) is 11.6 Å². The molecule has 1 heterocycles. The first-order valence-electron chi connectivity index (χ1n) is 6.33. The highest BCUT2D eigenvalue weighted by molar-refractivity contribution is 6.29. The first-order valence-corrected chi connectivity index (χ1v) is 6.71. The van der Waals surface area contributed by atoms with E-state index in [9.17, 15) is 13.2 Å². The molecule has 0 aliphatic heterocycles. The van der Waals surface area contributed by atoms with E-state index in [1.165, 1.54) is 18.9 Å². The van der Waals surface area contributed by atoms with Crippen LogP contribution in [0.15, 0.2) is 6.07 Å². The van der Waals surface area contributed by atoms with Gasteiger partial charge in [-0.2, -0.15) is 13.2 Å². The van der Waals surface area contributed by atoms with Crippen LogP contribution in [0.4, 0.5) is 19.0 Å². The third kappa shape index (κ3) is 4.23. The monoisotopic (exact) mass is 293 g/mol. The molecule has 7 heteroatoms. The van der Waals surface area contributed by atoms with E-state index >= 15 is 0 Å². The molecule has 0 atom stereocenters. The van der Waals surface area contributed by atoms with Crippen molar-refractivity contribution < 1.29 is 13.2 Å². The van der Waals surface area contributed by atoms with Crippen molar-refractivity contribution in [3.8, 4) is 0 Å². The van der Waals surface area contributed by atoms with Gasteiger partial charge in [-0.1, -0.05) is 37.3 Å². The second kappa shape index (κ2) is 5.94. The largest absolute Gasteiger partial charge is 0.451 e. The Kier molecular flexibility index (Phi) is 4.50. The van der Waals surface area contributed by atoms with Crippen molar-refractivity contribution in [1.29, 1.82) is 0 Å². The Morgan fingerprint density at radius 2 is 1.74 bits per heavy atom. The van der Waals surface area contributed by atoms with Gasteiger partial charge in [-0.25, -0.2) is 9.97 Å². The fourth-order valence-electron chi connectivity index (χ4n) is 2.25. The van der Waals surface area contributed by atoms with Crippen LogP contribution in [0.5, 0.6) is 0 Å². The van der Waals surface area contributed by atoms with Gasteiger partial charge in [0, 0.05) is 12.1 Å². The third-order valence-electron chi connectivity index (χ3n) is 3.16. The zero-order valence-corrected chi connectivity index (χ0v) is 11.1. The molecular formula is C12H15ClF3N3. The lowest BCUT2D eigenvalue weighted by molar-refractivity contribution is -0.144. The molecule has 0 amide bonds. The number of rotatable bonds is 2. The molecule has 0 bridgehead atoms. The molecule has 3 nitrogen and oxygen atoms in total. The lowest BCUT2D eigenvalue weighted by Gasteiger charge is -2.17. The highest BCUT2D eigenvalue weighted by Gasteiger charge is 2.35. The molecule has 0 aromatic carbocycles. The van der Waals surface area contributed by atoms with Gasteiger partial charge in [-0.3, -0.25) is 0 Å². The molecule has 1 aromatic heterocycles. The third-order valence-corrected chi connectivity index (χ3v) is 3.35. The zero-order chi connectivity index (χ0) is 13.9. The number of hydrogen-bond acceptors (Lipinski definition) is 3. The quantitative estimate of drug-likeness (QED) is 0.653. The fourth-order valence-corrected chi connectivity index (χ4v) is 2.43. The van der Waals surface area contributed by atoms with E-state index in [0.29, 0.717) is 0 Å². The Hall–Kier alpha value is -1.04. The van der Waals surface area contributed by atoms with Gasteiger partial charge in [-0.05, 0) is 12.8 Å². The van der Waals surface area contributed by atoms with E-state index in [0.717, 1.165) is 25.7 Å². The van der Waals surface area contributed by atoms with Gasteiger partial charge in [0.2, 0.25) is 5.82 Å². The summed E-state index contributed by atoms with van der Waals surface area (Å²) in [4.78, 5) is 6.70. The van der Waals surface area contributed by atoms with Crippen molar-refractivity contribution in [1.82, 2.24) is 9.97 Å². The van der Waals surface area contributed by atoms with Crippen LogP contribution >= 0.6 is 11.6 Å². The number of anilines is 1. The minimum Gasteiger partial charge on any atom is -0.367 e. The van der Waals surface area contributed by atoms with Crippen LogP contribution in [-0.2, 0) is 6.18 Å². The average molecular weight is 294 g/mol. The van der Waals surface area contributed by atoms with Crippen molar-refractivity contribution in [2.24, 2.45) is 0 Å². The van der Waals surface area contributed by atoms with Gasteiger partial charge in [0.05, 0.1) is 0 Å². The Labute approximate surface area is 114 Å². The molecule has 106 valence electrons. The predicted molar refractivity (Wildman–Crippen MR) is 67.2 cm³/mol. The number of alkyl halides is 3. The number of nitrogens with one attached hydrogen (secondary N) is 1.